The Morgan fingerprint density at radius 3 is 0.676 bits per heavy atom. The second-order valence-corrected chi connectivity index (χ2v) is 23.1. The summed E-state index contributed by atoms with van der Waals surface area (Å²) in [4.78, 5) is 0. The van der Waals surface area contributed by atoms with Gasteiger partial charge in [-0.25, -0.2) is 0 Å². The van der Waals surface area contributed by atoms with Gasteiger partial charge in [0, 0.05) is 0 Å². The Morgan fingerprint density at radius 1 is 0.351 bits per heavy atom. The van der Waals surface area contributed by atoms with Crippen LogP contribution in [0, 0.1) is 0 Å². The van der Waals surface area contributed by atoms with E-state index >= 15 is 0 Å². The number of hydrogen-bond donors (Lipinski definition) is 0. The Kier molecular flexibility index (Phi) is 17.9. The minimum atomic E-state index is -0.108. The Bertz CT molecular complexity index is 897. The maximum absolute atomic E-state index is 2.35. The zero-order valence-corrected chi connectivity index (χ0v) is 29.3. The zero-order chi connectivity index (χ0) is 25.6. The zero-order valence-electron chi connectivity index (χ0n) is 23.0. The van der Waals surface area contributed by atoms with E-state index < -0.39 is 0 Å². The first-order chi connectivity index (χ1) is 16.6. The van der Waals surface area contributed by atoms with E-state index in [1.165, 1.54) is 17.6 Å². The molecule has 0 heterocycles. The summed E-state index contributed by atoms with van der Waals surface area (Å²) in [5, 5.41) is 0. The molecule has 0 spiro atoms. The van der Waals surface area contributed by atoms with Gasteiger partial charge in [0.05, 0.1) is 0 Å². The standard InChI is InChI=1S/2C12H10Ge.C8H18Ge.2H2O/c2*1-3-7-11(8-4-1)13-12-9-5-2-6-10-12;1-7(2,3)9-8(4,5)6;;/h2*1-10H;1-6H3;2*1H2. The molecule has 0 amide bonds. The van der Waals surface area contributed by atoms with Crippen LogP contribution in [0.25, 0.3) is 0 Å². The average molecular weight is 677 g/mol. The van der Waals surface area contributed by atoms with Crippen molar-refractivity contribution >= 4 is 63.9 Å². The van der Waals surface area contributed by atoms with Gasteiger partial charge in [-0.05, 0) is 0 Å². The van der Waals surface area contributed by atoms with Crippen molar-refractivity contribution < 1.29 is 11.0 Å². The SMILES string of the molecule is C[C](C)(C)[Ge][C](C)(C)C.O.O.c1cc[c]([Ge][c]2ccccc2)cc1.c1cc[c]([Ge][c]2ccccc2)cc1. The van der Waals surface area contributed by atoms with Crippen LogP contribution in [0.4, 0.5) is 0 Å². The van der Waals surface area contributed by atoms with Gasteiger partial charge in [0.25, 0.3) is 0 Å². The van der Waals surface area contributed by atoms with Crippen LogP contribution in [0.2, 0.25) is 8.49 Å². The van der Waals surface area contributed by atoms with Crippen LogP contribution in [-0.4, -0.2) is 57.2 Å². The van der Waals surface area contributed by atoms with Crippen LogP contribution in [0.5, 0.6) is 0 Å². The van der Waals surface area contributed by atoms with E-state index in [-0.39, 0.29) is 57.2 Å². The fourth-order valence-corrected chi connectivity index (χ4v) is 12.7. The van der Waals surface area contributed by atoms with Crippen LogP contribution in [0.3, 0.4) is 0 Å². The van der Waals surface area contributed by atoms with Crippen molar-refractivity contribution in [2.75, 3.05) is 0 Å². The Morgan fingerprint density at radius 2 is 0.541 bits per heavy atom. The summed E-state index contributed by atoms with van der Waals surface area (Å²) in [5.74, 6) is 0. The van der Waals surface area contributed by atoms with Crippen LogP contribution in [0.1, 0.15) is 41.5 Å². The van der Waals surface area contributed by atoms with Crippen molar-refractivity contribution in [1.29, 1.82) is 0 Å². The fraction of sp³-hybridized carbons (Fsp3) is 0.250. The summed E-state index contributed by atoms with van der Waals surface area (Å²) in [6, 6.07) is 42.9. The van der Waals surface area contributed by atoms with Crippen molar-refractivity contribution in [2.45, 2.75) is 50.0 Å². The molecular weight excluding hydrogens is 634 g/mol. The van der Waals surface area contributed by atoms with Gasteiger partial charge in [-0.1, -0.05) is 0 Å². The van der Waals surface area contributed by atoms with E-state index in [0.29, 0.717) is 8.49 Å². The van der Waals surface area contributed by atoms with Gasteiger partial charge in [0.15, 0.2) is 0 Å². The molecule has 0 bridgehead atoms. The first kappa shape index (κ1) is 35.4. The number of hydrogen-bond acceptors (Lipinski definition) is 0. The summed E-state index contributed by atoms with van der Waals surface area (Å²) < 4.78 is 7.20. The molecule has 0 saturated carbocycles. The van der Waals surface area contributed by atoms with Gasteiger partial charge < -0.3 is 11.0 Å². The molecule has 194 valence electrons. The molecule has 0 saturated heterocycles. The van der Waals surface area contributed by atoms with E-state index in [4.69, 9.17) is 0 Å². The van der Waals surface area contributed by atoms with Crippen molar-refractivity contribution in [2.24, 2.45) is 0 Å². The van der Waals surface area contributed by atoms with Gasteiger partial charge in [0.2, 0.25) is 0 Å². The van der Waals surface area contributed by atoms with Crippen molar-refractivity contribution in [1.82, 2.24) is 0 Å². The molecule has 0 unspecified atom stereocenters. The van der Waals surface area contributed by atoms with Crippen LogP contribution in [-0.2, 0) is 0 Å². The second kappa shape index (κ2) is 18.6. The van der Waals surface area contributed by atoms with Crippen LogP contribution < -0.4 is 17.6 Å². The van der Waals surface area contributed by atoms with Crippen LogP contribution >= 0.6 is 0 Å². The molecule has 0 aliphatic carbocycles. The third kappa shape index (κ3) is 18.3. The molecular formula is C32H42Ge3O2. The molecule has 4 aromatic carbocycles. The topological polar surface area (TPSA) is 63.0 Å². The maximum atomic E-state index is 2.35. The van der Waals surface area contributed by atoms with Gasteiger partial charge in [0.1, 0.15) is 0 Å². The van der Waals surface area contributed by atoms with E-state index in [1.807, 2.05) is 0 Å². The predicted octanol–water partition coefficient (Wildman–Crippen LogP) is 4.16. The van der Waals surface area contributed by atoms with E-state index in [1.54, 1.807) is 0 Å². The number of rotatable bonds is 4. The average Bonchev–Trinajstić information content (AvgIpc) is 2.80. The van der Waals surface area contributed by atoms with Crippen molar-refractivity contribution in [3.63, 3.8) is 0 Å². The summed E-state index contributed by atoms with van der Waals surface area (Å²) >= 11 is -0.00722. The molecule has 0 aliphatic rings. The first-order valence-corrected chi connectivity index (χ1v) is 18.4. The minimum absolute atomic E-state index is 0. The van der Waals surface area contributed by atoms with Crippen molar-refractivity contribution in [3.05, 3.63) is 121 Å². The van der Waals surface area contributed by atoms with Gasteiger partial charge in [-0.15, -0.1) is 0 Å². The third-order valence-electron chi connectivity index (χ3n) is 4.42. The quantitative estimate of drug-likeness (QED) is 0.292. The second-order valence-electron chi connectivity index (χ2n) is 10.3. The summed E-state index contributed by atoms with van der Waals surface area (Å²) in [5.41, 5.74) is 0. The van der Waals surface area contributed by atoms with E-state index in [2.05, 4.69) is 163 Å². The summed E-state index contributed by atoms with van der Waals surface area (Å²) in [6.45, 7) is 14.1. The van der Waals surface area contributed by atoms with E-state index in [9.17, 15) is 0 Å². The Balaban J connectivity index is 0.000000523. The van der Waals surface area contributed by atoms with Crippen molar-refractivity contribution in [3.8, 4) is 0 Å². The normalized spacial score (nSPS) is 10.3. The monoisotopic (exact) mass is 680 g/mol. The molecule has 2 nitrogen and oxygen atoms in total. The fourth-order valence-electron chi connectivity index (χ4n) is 3.54. The predicted molar refractivity (Wildman–Crippen MR) is 168 cm³/mol. The van der Waals surface area contributed by atoms with Gasteiger partial charge >= 0.3 is 235 Å². The molecule has 0 aromatic heterocycles. The molecule has 4 rings (SSSR count). The molecule has 0 aliphatic heterocycles. The molecule has 4 aromatic rings. The summed E-state index contributed by atoms with van der Waals surface area (Å²) in [7, 11) is 0. The third-order valence-corrected chi connectivity index (χ3v) is 12.8. The molecule has 0 atom stereocenters. The van der Waals surface area contributed by atoms with Gasteiger partial charge in [-0.2, -0.15) is 0 Å². The molecule has 0 fully saturated rings. The summed E-state index contributed by atoms with van der Waals surface area (Å²) in [6.07, 6.45) is 0. The number of benzene rings is 4. The Hall–Kier alpha value is -1.57. The molecule has 6 radical (unpaired) electrons. The molecule has 4 N–H and O–H groups in total. The van der Waals surface area contributed by atoms with E-state index in [0.717, 1.165) is 0 Å². The van der Waals surface area contributed by atoms with Gasteiger partial charge in [-0.3, -0.25) is 0 Å². The Labute approximate surface area is 244 Å². The first-order valence-electron chi connectivity index (χ1n) is 12.1. The molecule has 5 heteroatoms. The molecule has 37 heavy (non-hydrogen) atoms. The van der Waals surface area contributed by atoms with Crippen LogP contribution in [0.15, 0.2) is 121 Å².